The Labute approximate surface area is 341 Å². The summed E-state index contributed by atoms with van der Waals surface area (Å²) in [4.78, 5) is 101. The number of benzene rings is 1. The minimum atomic E-state index is -1.33. The van der Waals surface area contributed by atoms with Crippen molar-refractivity contribution in [1.82, 2.24) is 36.1 Å². The molecule has 0 spiro atoms. The van der Waals surface area contributed by atoms with Crippen LogP contribution >= 0.6 is 23.5 Å². The maximum absolute atomic E-state index is 13.9. The van der Waals surface area contributed by atoms with E-state index in [0.717, 1.165) is 16.7 Å². The molecule has 2 saturated heterocycles. The molecule has 0 radical (unpaired) electrons. The number of hydrogen-bond acceptors (Lipinski definition) is 10. The Morgan fingerprint density at radius 3 is 2.12 bits per heavy atom. The van der Waals surface area contributed by atoms with Gasteiger partial charge in [-0.05, 0) is 55.2 Å². The highest BCUT2D eigenvalue weighted by atomic mass is 32.2. The first-order valence-electron chi connectivity index (χ1n) is 19.7. The second-order valence-electron chi connectivity index (χ2n) is 14.5. The zero-order chi connectivity index (χ0) is 40.7. The Morgan fingerprint density at radius 2 is 1.42 bits per heavy atom. The van der Waals surface area contributed by atoms with E-state index in [9.17, 15) is 38.7 Å². The Kier molecular flexibility index (Phi) is 16.6. The summed E-state index contributed by atoms with van der Waals surface area (Å²) in [6.07, 6.45) is 5.63. The van der Waals surface area contributed by atoms with Crippen molar-refractivity contribution in [3.05, 3.63) is 65.5 Å². The summed E-state index contributed by atoms with van der Waals surface area (Å²) in [6, 6.07) is 6.26. The van der Waals surface area contributed by atoms with Gasteiger partial charge in [-0.1, -0.05) is 43.3 Å². The Hall–Kier alpha value is -4.64. The summed E-state index contributed by atoms with van der Waals surface area (Å²) >= 11 is 3.24. The molecule has 57 heavy (non-hydrogen) atoms. The van der Waals surface area contributed by atoms with E-state index in [1.807, 2.05) is 36.5 Å². The van der Waals surface area contributed by atoms with Crippen molar-refractivity contribution in [2.24, 2.45) is 0 Å². The van der Waals surface area contributed by atoms with Crippen LogP contribution in [0.2, 0.25) is 0 Å². The van der Waals surface area contributed by atoms with E-state index in [4.69, 9.17) is 0 Å². The van der Waals surface area contributed by atoms with E-state index in [2.05, 4.69) is 32.3 Å². The number of hydrogen-bond donors (Lipinski definition) is 5. The van der Waals surface area contributed by atoms with E-state index in [1.54, 1.807) is 41.5 Å². The molecule has 6 amide bonds. The van der Waals surface area contributed by atoms with E-state index in [0.29, 0.717) is 68.3 Å². The van der Waals surface area contributed by atoms with Crippen molar-refractivity contribution in [3.63, 3.8) is 0 Å². The molecule has 0 unspecified atom stereocenters. The van der Waals surface area contributed by atoms with Gasteiger partial charge in [0.1, 0.15) is 30.2 Å². The van der Waals surface area contributed by atoms with E-state index in [-0.39, 0.29) is 37.5 Å². The topological polar surface area (TPSA) is 207 Å². The summed E-state index contributed by atoms with van der Waals surface area (Å²) in [7, 11) is 0. The number of carboxylic acids is 1. The van der Waals surface area contributed by atoms with Gasteiger partial charge in [0.25, 0.3) is 0 Å². The summed E-state index contributed by atoms with van der Waals surface area (Å²) in [5.74, 6) is -1.46. The second-order valence-corrected chi connectivity index (χ2v) is 16.7. The summed E-state index contributed by atoms with van der Waals surface area (Å²) in [6.45, 7) is 2.82. The molecule has 1 aromatic heterocycles. The number of nitrogens with one attached hydrogen (secondary N) is 4. The number of carbonyl (C=O) groups excluding carboxylic acids is 6. The SMILES string of the molecule is CC[C@@H]1NC(=O)[C@@H]2CCCN2C(=O)[C@@H]2CCCN2C(=O)CCSCc2cncc(c2)CSCCNC(=O)[C@H](Cc2ccccc2)NC(=O)[C@H](CCC(=O)O)NC1=O. The fraction of sp³-hybridized carbons (Fsp3) is 0.550. The van der Waals surface area contributed by atoms with Crippen LogP contribution in [0.15, 0.2) is 48.8 Å². The number of amides is 6. The number of pyridine rings is 1. The van der Waals surface area contributed by atoms with Gasteiger partial charge < -0.3 is 36.2 Å². The second kappa shape index (κ2) is 21.8. The average molecular weight is 824 g/mol. The van der Waals surface area contributed by atoms with E-state index >= 15 is 0 Å². The van der Waals surface area contributed by atoms with Crippen molar-refractivity contribution >= 4 is 64.9 Å². The molecule has 308 valence electrons. The highest BCUT2D eigenvalue weighted by molar-refractivity contribution is 7.98. The molecule has 5 N–H and O–H groups in total. The van der Waals surface area contributed by atoms with Crippen LogP contribution in [0.4, 0.5) is 0 Å². The van der Waals surface area contributed by atoms with Gasteiger partial charge >= 0.3 is 5.97 Å². The van der Waals surface area contributed by atoms with Gasteiger partial charge in [0.05, 0.1) is 0 Å². The van der Waals surface area contributed by atoms with Gasteiger partial charge in [-0.2, -0.15) is 23.5 Å². The molecule has 17 heteroatoms. The molecule has 1 aromatic carbocycles. The number of aliphatic carboxylic acids is 1. The number of carboxylic acid groups (broad SMARTS) is 1. The van der Waals surface area contributed by atoms with Crippen LogP contribution in [-0.4, -0.2) is 123 Å². The quantitative estimate of drug-likeness (QED) is 0.285. The number of carbonyl (C=O) groups is 7. The smallest absolute Gasteiger partial charge is 0.303 e. The fourth-order valence-corrected chi connectivity index (χ4v) is 8.97. The Morgan fingerprint density at radius 1 is 0.789 bits per heavy atom. The minimum absolute atomic E-state index is 0.0994. The fourth-order valence-electron chi connectivity index (χ4n) is 7.33. The molecular formula is C40H53N7O8S2. The van der Waals surface area contributed by atoms with Gasteiger partial charge in [-0.3, -0.25) is 38.5 Å². The molecule has 5 atom stereocenters. The standard InChI is InChI=1S/C40H53N7O8S2/c1-2-29-37(52)44-30(12-13-35(49)50)38(53)45-31(21-26-8-4-3-5-9-26)36(51)42-15-19-57-25-28-20-27(22-41-23-28)24-56-18-14-34(48)46-16-7-11-33(46)40(55)47-17-6-10-32(47)39(54)43-29/h3-5,8-9,20,22-23,29-33H,2,6-7,10-19,21,24-25H2,1H3,(H,42,51)(H,43,54)(H,44,52)(H,45,53)(H,49,50)/t29-,30-,31-,32-,33-/m0/s1. The maximum Gasteiger partial charge on any atom is 0.303 e. The summed E-state index contributed by atoms with van der Waals surface area (Å²) in [5, 5.41) is 20.5. The van der Waals surface area contributed by atoms with Gasteiger partial charge in [-0.25, -0.2) is 0 Å². The number of aromatic nitrogens is 1. The van der Waals surface area contributed by atoms with Gasteiger partial charge in [-0.15, -0.1) is 0 Å². The predicted octanol–water partition coefficient (Wildman–Crippen LogP) is 2.02. The van der Waals surface area contributed by atoms with Crippen LogP contribution in [0, 0.1) is 0 Å². The lowest BCUT2D eigenvalue weighted by atomic mass is 10.0. The molecule has 0 aliphatic carbocycles. The summed E-state index contributed by atoms with van der Waals surface area (Å²) in [5.41, 5.74) is 2.84. The largest absolute Gasteiger partial charge is 0.481 e. The third kappa shape index (κ3) is 12.7. The summed E-state index contributed by atoms with van der Waals surface area (Å²) < 4.78 is 0. The van der Waals surface area contributed by atoms with Crippen LogP contribution in [0.1, 0.15) is 75.0 Å². The molecular weight excluding hydrogens is 771 g/mol. The van der Waals surface area contributed by atoms with Crippen molar-refractivity contribution in [2.75, 3.05) is 31.1 Å². The van der Waals surface area contributed by atoms with Crippen LogP contribution < -0.4 is 21.3 Å². The number of rotatable bonds is 6. The molecule has 15 nitrogen and oxygen atoms in total. The zero-order valence-corrected chi connectivity index (χ0v) is 33.9. The van der Waals surface area contributed by atoms with Crippen LogP contribution in [0.25, 0.3) is 0 Å². The average Bonchev–Trinajstić information content (AvgIpc) is 3.91. The van der Waals surface area contributed by atoms with E-state index in [1.165, 1.54) is 4.90 Å². The van der Waals surface area contributed by atoms with Crippen LogP contribution in [0.3, 0.4) is 0 Å². The zero-order valence-electron chi connectivity index (χ0n) is 32.3. The van der Waals surface area contributed by atoms with Crippen LogP contribution in [-0.2, 0) is 51.5 Å². The molecule has 3 aliphatic rings. The molecule has 2 aromatic rings. The van der Waals surface area contributed by atoms with Gasteiger partial charge in [0.15, 0.2) is 0 Å². The van der Waals surface area contributed by atoms with Crippen LogP contribution in [0.5, 0.6) is 0 Å². The highest BCUT2D eigenvalue weighted by Gasteiger charge is 2.42. The highest BCUT2D eigenvalue weighted by Crippen LogP contribution is 2.26. The number of nitrogens with zero attached hydrogens (tertiary/aromatic N) is 3. The monoisotopic (exact) mass is 823 g/mol. The lowest BCUT2D eigenvalue weighted by Gasteiger charge is -2.32. The molecule has 0 saturated carbocycles. The number of thioether (sulfide) groups is 2. The maximum atomic E-state index is 13.9. The van der Waals surface area contributed by atoms with Gasteiger partial charge in [0, 0.05) is 74.3 Å². The molecule has 2 fully saturated rings. The first-order chi connectivity index (χ1) is 27.5. The lowest BCUT2D eigenvalue weighted by Crippen LogP contribution is -2.59. The first-order valence-corrected chi connectivity index (χ1v) is 22.0. The minimum Gasteiger partial charge on any atom is -0.481 e. The molecule has 5 rings (SSSR count). The van der Waals surface area contributed by atoms with Crippen molar-refractivity contribution in [1.29, 1.82) is 0 Å². The Bertz CT molecular complexity index is 1750. The van der Waals surface area contributed by atoms with E-state index < -0.39 is 66.2 Å². The molecule has 3 aliphatic heterocycles. The molecule has 4 heterocycles. The van der Waals surface area contributed by atoms with Crippen molar-refractivity contribution < 1.29 is 38.7 Å². The molecule has 2 bridgehead atoms. The third-order valence-electron chi connectivity index (χ3n) is 10.3. The van der Waals surface area contributed by atoms with Crippen molar-refractivity contribution in [2.45, 2.75) is 106 Å². The number of fused-ring (bicyclic) bond motifs is 4. The predicted molar refractivity (Wildman–Crippen MR) is 217 cm³/mol. The normalized spacial score (nSPS) is 25.2. The Balaban J connectivity index is 1.36. The first kappa shape index (κ1) is 43.5. The third-order valence-corrected chi connectivity index (χ3v) is 12.4. The van der Waals surface area contributed by atoms with Crippen molar-refractivity contribution in [3.8, 4) is 0 Å². The van der Waals surface area contributed by atoms with Gasteiger partial charge in [0.2, 0.25) is 35.4 Å². The lowest BCUT2D eigenvalue weighted by molar-refractivity contribution is -0.146.